The fourth-order valence-electron chi connectivity index (χ4n) is 3.97. The molecule has 1 saturated heterocycles. The van der Waals surface area contributed by atoms with Crippen LogP contribution < -0.4 is 10.6 Å². The average Bonchev–Trinajstić information content (AvgIpc) is 2.81. The number of carbonyl (C=O) groups is 5. The predicted molar refractivity (Wildman–Crippen MR) is 128 cm³/mol. The minimum atomic E-state index is -1.41. The SMILES string of the molecule is CC(=O)OCC1O[C@@H](NC(=O)Nc2cccc3ccccc23)C(OC(C)=O)C(OC(C)=O)[C@@H]1OC(C)=O. The molecule has 0 bridgehead atoms. The van der Waals surface area contributed by atoms with E-state index in [2.05, 4.69) is 10.6 Å². The second-order valence-corrected chi connectivity index (χ2v) is 8.25. The molecule has 2 aromatic rings. The van der Waals surface area contributed by atoms with E-state index >= 15 is 0 Å². The summed E-state index contributed by atoms with van der Waals surface area (Å²) >= 11 is 0. The van der Waals surface area contributed by atoms with Gasteiger partial charge in [-0.05, 0) is 11.5 Å². The molecule has 0 spiro atoms. The van der Waals surface area contributed by atoms with Crippen molar-refractivity contribution in [2.45, 2.75) is 58.3 Å². The first-order valence-corrected chi connectivity index (χ1v) is 11.4. The van der Waals surface area contributed by atoms with Gasteiger partial charge in [0, 0.05) is 33.1 Å². The third-order valence-corrected chi connectivity index (χ3v) is 5.30. The highest BCUT2D eigenvalue weighted by atomic mass is 16.7. The number of benzene rings is 2. The number of esters is 4. The lowest BCUT2D eigenvalue weighted by Gasteiger charge is -2.44. The van der Waals surface area contributed by atoms with Crippen molar-refractivity contribution in [1.29, 1.82) is 0 Å². The van der Waals surface area contributed by atoms with Crippen LogP contribution in [0.4, 0.5) is 10.5 Å². The Kier molecular flexibility index (Phi) is 9.01. The molecule has 198 valence electrons. The fraction of sp³-hybridized carbons (Fsp3) is 0.400. The first-order valence-electron chi connectivity index (χ1n) is 11.4. The Bertz CT molecular complexity index is 1180. The topological polar surface area (TPSA) is 156 Å². The first-order chi connectivity index (χ1) is 17.5. The van der Waals surface area contributed by atoms with Crippen molar-refractivity contribution in [3.05, 3.63) is 42.5 Å². The van der Waals surface area contributed by atoms with Crippen LogP contribution in [-0.4, -0.2) is 67.2 Å². The lowest BCUT2D eigenvalue weighted by atomic mass is 9.97. The van der Waals surface area contributed by atoms with Crippen LogP contribution >= 0.6 is 0 Å². The minimum absolute atomic E-state index is 0.402. The maximum atomic E-state index is 13.0. The Morgan fingerprint density at radius 2 is 1.35 bits per heavy atom. The highest BCUT2D eigenvalue weighted by molar-refractivity contribution is 6.01. The minimum Gasteiger partial charge on any atom is -0.463 e. The predicted octanol–water partition coefficient (Wildman–Crippen LogP) is 2.04. The summed E-state index contributed by atoms with van der Waals surface area (Å²) in [7, 11) is 0. The maximum absolute atomic E-state index is 13.0. The molecule has 0 saturated carbocycles. The Morgan fingerprint density at radius 1 is 0.757 bits per heavy atom. The van der Waals surface area contributed by atoms with Gasteiger partial charge in [0.2, 0.25) is 0 Å². The Balaban J connectivity index is 1.91. The lowest BCUT2D eigenvalue weighted by Crippen LogP contribution is -2.66. The number of fused-ring (bicyclic) bond motifs is 1. The normalized spacial score (nSPS) is 22.9. The van der Waals surface area contributed by atoms with Gasteiger partial charge in [0.1, 0.15) is 12.7 Å². The van der Waals surface area contributed by atoms with Gasteiger partial charge in [-0.15, -0.1) is 0 Å². The van der Waals surface area contributed by atoms with Crippen LogP contribution in [0.15, 0.2) is 42.5 Å². The van der Waals surface area contributed by atoms with Crippen molar-refractivity contribution in [2.24, 2.45) is 0 Å². The molecular weight excluding hydrogens is 488 g/mol. The largest absolute Gasteiger partial charge is 0.463 e. The van der Waals surface area contributed by atoms with E-state index in [0.29, 0.717) is 5.69 Å². The van der Waals surface area contributed by atoms with Crippen molar-refractivity contribution in [3.8, 4) is 0 Å². The monoisotopic (exact) mass is 516 g/mol. The summed E-state index contributed by atoms with van der Waals surface area (Å²) in [6, 6.07) is 12.0. The molecule has 3 unspecified atom stereocenters. The molecule has 2 N–H and O–H groups in total. The summed E-state index contributed by atoms with van der Waals surface area (Å²) in [5.41, 5.74) is 0.501. The third-order valence-electron chi connectivity index (χ3n) is 5.30. The molecule has 37 heavy (non-hydrogen) atoms. The van der Waals surface area contributed by atoms with Gasteiger partial charge >= 0.3 is 29.9 Å². The number of anilines is 1. The van der Waals surface area contributed by atoms with Gasteiger partial charge in [0.25, 0.3) is 0 Å². The number of rotatable bonds is 7. The van der Waals surface area contributed by atoms with Crippen molar-refractivity contribution in [2.75, 3.05) is 11.9 Å². The summed E-state index contributed by atoms with van der Waals surface area (Å²) in [6.07, 6.45) is -6.66. The van der Waals surface area contributed by atoms with Crippen molar-refractivity contribution < 1.29 is 47.7 Å². The van der Waals surface area contributed by atoms with E-state index in [1.807, 2.05) is 30.3 Å². The maximum Gasteiger partial charge on any atom is 0.321 e. The van der Waals surface area contributed by atoms with Gasteiger partial charge in [0.15, 0.2) is 24.5 Å². The Labute approximate surface area is 212 Å². The Morgan fingerprint density at radius 3 is 2.00 bits per heavy atom. The lowest BCUT2D eigenvalue weighted by molar-refractivity contribution is -0.255. The molecule has 12 nitrogen and oxygen atoms in total. The second-order valence-electron chi connectivity index (χ2n) is 8.25. The van der Waals surface area contributed by atoms with Crippen LogP contribution in [0, 0.1) is 0 Å². The van der Waals surface area contributed by atoms with Crippen molar-refractivity contribution in [3.63, 3.8) is 0 Å². The zero-order chi connectivity index (χ0) is 27.1. The van der Waals surface area contributed by atoms with Gasteiger partial charge < -0.3 is 34.3 Å². The molecule has 2 aromatic carbocycles. The molecule has 0 radical (unpaired) electrons. The van der Waals surface area contributed by atoms with Gasteiger partial charge in [0.05, 0.1) is 5.69 Å². The smallest absolute Gasteiger partial charge is 0.321 e. The number of hydrogen-bond acceptors (Lipinski definition) is 10. The van der Waals surface area contributed by atoms with Crippen LogP contribution in [0.3, 0.4) is 0 Å². The van der Waals surface area contributed by atoms with Crippen LogP contribution in [-0.2, 0) is 42.9 Å². The van der Waals surface area contributed by atoms with Gasteiger partial charge in [-0.2, -0.15) is 0 Å². The third kappa shape index (κ3) is 7.40. The molecule has 2 amide bonds. The molecule has 3 rings (SSSR count). The molecule has 0 aromatic heterocycles. The van der Waals surface area contributed by atoms with Crippen LogP contribution in [0.25, 0.3) is 10.8 Å². The highest BCUT2D eigenvalue weighted by Gasteiger charge is 2.52. The van der Waals surface area contributed by atoms with E-state index in [1.165, 1.54) is 6.92 Å². The second kappa shape index (κ2) is 12.2. The number of ether oxygens (including phenoxy) is 5. The molecule has 1 fully saturated rings. The molecule has 12 heteroatoms. The summed E-state index contributed by atoms with van der Waals surface area (Å²) in [5, 5.41) is 6.96. The van der Waals surface area contributed by atoms with Gasteiger partial charge in [-0.1, -0.05) is 36.4 Å². The molecule has 1 aliphatic heterocycles. The van der Waals surface area contributed by atoms with E-state index in [4.69, 9.17) is 23.7 Å². The van der Waals surface area contributed by atoms with Crippen molar-refractivity contribution >= 4 is 46.4 Å². The quantitative estimate of drug-likeness (QED) is 0.412. The fourth-order valence-corrected chi connectivity index (χ4v) is 3.97. The van der Waals surface area contributed by atoms with E-state index in [9.17, 15) is 24.0 Å². The molecule has 1 heterocycles. The molecule has 0 aliphatic carbocycles. The van der Waals surface area contributed by atoms with Crippen LogP contribution in [0.1, 0.15) is 27.7 Å². The zero-order valence-corrected chi connectivity index (χ0v) is 20.7. The zero-order valence-electron chi connectivity index (χ0n) is 20.7. The number of carbonyl (C=O) groups excluding carboxylic acids is 5. The van der Waals surface area contributed by atoms with Crippen LogP contribution in [0.2, 0.25) is 0 Å². The van der Waals surface area contributed by atoms with E-state index < -0.39 is 67.2 Å². The summed E-state index contributed by atoms with van der Waals surface area (Å²) in [6.45, 7) is 4.12. The van der Waals surface area contributed by atoms with Gasteiger partial charge in [-0.25, -0.2) is 4.79 Å². The summed E-state index contributed by atoms with van der Waals surface area (Å²) < 4.78 is 26.9. The number of amides is 2. The molecule has 5 atom stereocenters. The average molecular weight is 517 g/mol. The van der Waals surface area contributed by atoms with E-state index in [0.717, 1.165) is 31.5 Å². The van der Waals surface area contributed by atoms with E-state index in [1.54, 1.807) is 12.1 Å². The number of hydrogen-bond donors (Lipinski definition) is 2. The number of urea groups is 1. The summed E-state index contributed by atoms with van der Waals surface area (Å²) in [4.78, 5) is 60.1. The van der Waals surface area contributed by atoms with Crippen molar-refractivity contribution in [1.82, 2.24) is 5.32 Å². The number of nitrogens with one attached hydrogen (secondary N) is 2. The van der Waals surface area contributed by atoms with Gasteiger partial charge in [-0.3, -0.25) is 19.2 Å². The van der Waals surface area contributed by atoms with Crippen LogP contribution in [0.5, 0.6) is 0 Å². The molecular formula is C25H28N2O10. The summed E-state index contributed by atoms with van der Waals surface area (Å²) in [5.74, 6) is -2.94. The first kappa shape index (κ1) is 27.4. The molecule has 1 aliphatic rings. The highest BCUT2D eigenvalue weighted by Crippen LogP contribution is 2.29. The van der Waals surface area contributed by atoms with E-state index in [-0.39, 0.29) is 0 Å². The standard InChI is InChI=1S/C25H28N2O10/c1-13(28)33-12-20-21(34-14(2)29)22(35-15(3)30)23(36-16(4)31)24(37-20)27-25(32)26-19-11-7-9-17-8-5-6-10-18(17)19/h5-11,20-24H,12H2,1-4H3,(H2,26,27,32)/t20?,21-,22?,23?,24-/m1/s1. The Hall–Kier alpha value is -4.19.